The Morgan fingerprint density at radius 2 is 2.04 bits per heavy atom. The largest absolute Gasteiger partial charge is 0.376 e. The van der Waals surface area contributed by atoms with E-state index in [1.165, 1.54) is 12.8 Å². The van der Waals surface area contributed by atoms with Crippen molar-refractivity contribution in [3.05, 3.63) is 0 Å². The molecule has 6 heteroatoms. The van der Waals surface area contributed by atoms with Crippen LogP contribution in [-0.4, -0.2) is 88.5 Å². The van der Waals surface area contributed by atoms with Crippen molar-refractivity contribution in [2.75, 3.05) is 60.5 Å². The SMILES string of the molecule is CN=C(NCCCN(C)C)N1CCC(OCC2CCCCO2)CC1. The van der Waals surface area contributed by atoms with Crippen molar-refractivity contribution in [1.82, 2.24) is 15.1 Å². The minimum Gasteiger partial charge on any atom is -0.376 e. The number of rotatable bonds is 7. The summed E-state index contributed by atoms with van der Waals surface area (Å²) in [5.41, 5.74) is 0. The summed E-state index contributed by atoms with van der Waals surface area (Å²) >= 11 is 0. The molecule has 2 aliphatic heterocycles. The van der Waals surface area contributed by atoms with Gasteiger partial charge in [0.05, 0.1) is 18.8 Å². The van der Waals surface area contributed by atoms with Crippen LogP contribution in [-0.2, 0) is 9.47 Å². The van der Waals surface area contributed by atoms with Crippen LogP contribution < -0.4 is 5.32 Å². The third-order valence-corrected chi connectivity index (χ3v) is 4.81. The number of likely N-dealkylation sites (tertiary alicyclic amines) is 1. The molecule has 2 fully saturated rings. The minimum absolute atomic E-state index is 0.322. The molecule has 0 aromatic heterocycles. The molecule has 0 aromatic rings. The Kier molecular flexibility index (Phi) is 8.84. The molecule has 0 bridgehead atoms. The summed E-state index contributed by atoms with van der Waals surface area (Å²) in [5, 5.41) is 3.48. The zero-order chi connectivity index (χ0) is 17.2. The number of hydrogen-bond acceptors (Lipinski definition) is 4. The molecule has 0 saturated carbocycles. The van der Waals surface area contributed by atoms with E-state index in [4.69, 9.17) is 9.47 Å². The van der Waals surface area contributed by atoms with E-state index in [1.54, 1.807) is 0 Å². The highest BCUT2D eigenvalue weighted by atomic mass is 16.5. The number of nitrogens with one attached hydrogen (secondary N) is 1. The lowest BCUT2D eigenvalue weighted by Gasteiger charge is -2.35. The highest BCUT2D eigenvalue weighted by molar-refractivity contribution is 5.79. The highest BCUT2D eigenvalue weighted by Crippen LogP contribution is 2.17. The van der Waals surface area contributed by atoms with Gasteiger partial charge >= 0.3 is 0 Å². The van der Waals surface area contributed by atoms with Crippen LogP contribution in [0, 0.1) is 0 Å². The summed E-state index contributed by atoms with van der Waals surface area (Å²) in [6.45, 7) is 5.78. The van der Waals surface area contributed by atoms with Gasteiger partial charge in [-0.25, -0.2) is 0 Å². The van der Waals surface area contributed by atoms with E-state index in [2.05, 4.69) is 34.2 Å². The van der Waals surface area contributed by atoms with Crippen LogP contribution in [0.4, 0.5) is 0 Å². The van der Waals surface area contributed by atoms with Crippen molar-refractivity contribution in [2.24, 2.45) is 4.99 Å². The van der Waals surface area contributed by atoms with Gasteiger partial charge in [0.1, 0.15) is 0 Å². The van der Waals surface area contributed by atoms with Crippen LogP contribution in [0.2, 0.25) is 0 Å². The maximum Gasteiger partial charge on any atom is 0.193 e. The molecule has 2 aliphatic rings. The van der Waals surface area contributed by atoms with Gasteiger partial charge in [-0.2, -0.15) is 0 Å². The van der Waals surface area contributed by atoms with E-state index in [1.807, 2.05) is 7.05 Å². The molecule has 0 spiro atoms. The van der Waals surface area contributed by atoms with Crippen LogP contribution in [0.25, 0.3) is 0 Å². The van der Waals surface area contributed by atoms with Gasteiger partial charge in [-0.15, -0.1) is 0 Å². The Bertz CT molecular complexity index is 362. The first-order chi connectivity index (χ1) is 11.7. The van der Waals surface area contributed by atoms with Gasteiger partial charge < -0.3 is 24.6 Å². The van der Waals surface area contributed by atoms with E-state index >= 15 is 0 Å². The zero-order valence-corrected chi connectivity index (χ0v) is 15.8. The molecule has 0 aromatic carbocycles. The summed E-state index contributed by atoms with van der Waals surface area (Å²) in [5.74, 6) is 1.03. The average molecular weight is 341 g/mol. The lowest BCUT2D eigenvalue weighted by atomic mass is 10.1. The molecule has 2 rings (SSSR count). The normalized spacial score (nSPS) is 23.8. The number of guanidine groups is 1. The smallest absolute Gasteiger partial charge is 0.193 e. The topological polar surface area (TPSA) is 49.3 Å². The number of nitrogens with zero attached hydrogens (tertiary/aromatic N) is 3. The Morgan fingerprint density at radius 1 is 1.25 bits per heavy atom. The average Bonchev–Trinajstić information content (AvgIpc) is 2.61. The number of piperidine rings is 1. The predicted octanol–water partition coefficient (Wildman–Crippen LogP) is 1.56. The molecular formula is C18H36N4O2. The Labute approximate surface area is 147 Å². The molecule has 0 aliphatic carbocycles. The van der Waals surface area contributed by atoms with Crippen molar-refractivity contribution in [3.8, 4) is 0 Å². The monoisotopic (exact) mass is 340 g/mol. The second-order valence-electron chi connectivity index (χ2n) is 7.14. The number of ether oxygens (including phenoxy) is 2. The second-order valence-corrected chi connectivity index (χ2v) is 7.14. The van der Waals surface area contributed by atoms with E-state index in [0.717, 1.165) is 71.0 Å². The van der Waals surface area contributed by atoms with Gasteiger partial charge in [-0.3, -0.25) is 4.99 Å². The lowest BCUT2D eigenvalue weighted by Crippen LogP contribution is -2.47. The summed E-state index contributed by atoms with van der Waals surface area (Å²) in [4.78, 5) is 9.00. The molecular weight excluding hydrogens is 304 g/mol. The zero-order valence-electron chi connectivity index (χ0n) is 15.8. The third-order valence-electron chi connectivity index (χ3n) is 4.81. The van der Waals surface area contributed by atoms with Crippen LogP contribution in [0.3, 0.4) is 0 Å². The first kappa shape index (κ1) is 19.5. The predicted molar refractivity (Wildman–Crippen MR) is 98.7 cm³/mol. The Hall–Kier alpha value is -0.850. The van der Waals surface area contributed by atoms with Crippen molar-refractivity contribution in [3.63, 3.8) is 0 Å². The molecule has 140 valence electrons. The number of aliphatic imine (C=N–C) groups is 1. The molecule has 2 saturated heterocycles. The Morgan fingerprint density at radius 3 is 2.67 bits per heavy atom. The fourth-order valence-electron chi connectivity index (χ4n) is 3.34. The van der Waals surface area contributed by atoms with Crippen LogP contribution >= 0.6 is 0 Å². The van der Waals surface area contributed by atoms with Gasteiger partial charge in [0.15, 0.2) is 5.96 Å². The van der Waals surface area contributed by atoms with Crippen LogP contribution in [0.1, 0.15) is 38.5 Å². The first-order valence-corrected chi connectivity index (χ1v) is 9.52. The van der Waals surface area contributed by atoms with E-state index < -0.39 is 0 Å². The fourth-order valence-corrected chi connectivity index (χ4v) is 3.34. The molecule has 0 amide bonds. The van der Waals surface area contributed by atoms with Crippen LogP contribution in [0.15, 0.2) is 4.99 Å². The summed E-state index contributed by atoms with van der Waals surface area (Å²) in [7, 11) is 6.09. The summed E-state index contributed by atoms with van der Waals surface area (Å²) in [6, 6.07) is 0. The molecule has 6 nitrogen and oxygen atoms in total. The second kappa shape index (κ2) is 10.9. The quantitative estimate of drug-likeness (QED) is 0.433. The minimum atomic E-state index is 0.322. The molecule has 0 radical (unpaired) electrons. The maximum absolute atomic E-state index is 6.09. The lowest BCUT2D eigenvalue weighted by molar-refractivity contribution is -0.0721. The molecule has 1 atom stereocenters. The molecule has 2 heterocycles. The third kappa shape index (κ3) is 6.95. The number of hydrogen-bond donors (Lipinski definition) is 1. The highest BCUT2D eigenvalue weighted by Gasteiger charge is 2.23. The molecule has 1 unspecified atom stereocenters. The van der Waals surface area contributed by atoms with Gasteiger partial charge in [0.25, 0.3) is 0 Å². The summed E-state index contributed by atoms with van der Waals surface area (Å²) in [6.07, 6.45) is 7.62. The van der Waals surface area contributed by atoms with E-state index in [9.17, 15) is 0 Å². The summed E-state index contributed by atoms with van der Waals surface area (Å²) < 4.78 is 11.8. The van der Waals surface area contributed by atoms with Gasteiger partial charge in [-0.1, -0.05) is 0 Å². The maximum atomic E-state index is 6.09. The standard InChI is InChI=1S/C18H36N4O2/c1-19-18(20-10-6-11-21(2)3)22-12-8-16(9-13-22)24-15-17-7-4-5-14-23-17/h16-17H,4-15H2,1-3H3,(H,19,20). The van der Waals surface area contributed by atoms with Crippen molar-refractivity contribution in [2.45, 2.75) is 50.7 Å². The van der Waals surface area contributed by atoms with Crippen molar-refractivity contribution < 1.29 is 9.47 Å². The first-order valence-electron chi connectivity index (χ1n) is 9.52. The van der Waals surface area contributed by atoms with Gasteiger partial charge in [0, 0.05) is 33.3 Å². The van der Waals surface area contributed by atoms with Crippen molar-refractivity contribution >= 4 is 5.96 Å². The van der Waals surface area contributed by atoms with E-state index in [0.29, 0.717) is 12.2 Å². The molecule has 24 heavy (non-hydrogen) atoms. The van der Waals surface area contributed by atoms with Crippen molar-refractivity contribution in [1.29, 1.82) is 0 Å². The fraction of sp³-hybridized carbons (Fsp3) is 0.944. The van der Waals surface area contributed by atoms with Gasteiger partial charge in [0.2, 0.25) is 0 Å². The Balaban J connectivity index is 1.61. The van der Waals surface area contributed by atoms with Crippen LogP contribution in [0.5, 0.6) is 0 Å². The molecule has 1 N–H and O–H groups in total. The van der Waals surface area contributed by atoms with E-state index in [-0.39, 0.29) is 0 Å². The van der Waals surface area contributed by atoms with Gasteiger partial charge in [-0.05, 0) is 59.2 Å².